The first-order valence-electron chi connectivity index (χ1n) is 10.2. The second-order valence-electron chi connectivity index (χ2n) is 7.98. The predicted molar refractivity (Wildman–Crippen MR) is 101 cm³/mol. The number of ether oxygens (including phenoxy) is 2. The van der Waals surface area contributed by atoms with Gasteiger partial charge in [-0.05, 0) is 20.8 Å². The fourth-order valence-electron chi connectivity index (χ4n) is 4.19. The summed E-state index contributed by atoms with van der Waals surface area (Å²) < 4.78 is 11.0. The predicted octanol–water partition coefficient (Wildman–Crippen LogP) is -0.513. The van der Waals surface area contributed by atoms with E-state index in [0.29, 0.717) is 45.9 Å². The third-order valence-electron chi connectivity index (χ3n) is 5.77. The molecule has 3 unspecified atom stereocenters. The second kappa shape index (κ2) is 9.32. The summed E-state index contributed by atoms with van der Waals surface area (Å²) in [5, 5.41) is 0. The molecule has 0 aromatic carbocycles. The van der Waals surface area contributed by atoms with Gasteiger partial charge in [-0.15, -0.1) is 0 Å². The largest absolute Gasteiger partial charge is 0.378 e. The second-order valence-corrected chi connectivity index (χ2v) is 7.98. The first-order valence-corrected chi connectivity index (χ1v) is 10.2. The molecule has 8 heteroatoms. The number of hydrogen-bond donors (Lipinski definition) is 0. The zero-order chi connectivity index (χ0) is 19.4. The van der Waals surface area contributed by atoms with Crippen molar-refractivity contribution in [1.82, 2.24) is 19.6 Å². The van der Waals surface area contributed by atoms with E-state index in [2.05, 4.69) is 9.80 Å². The van der Waals surface area contributed by atoms with Gasteiger partial charge >= 0.3 is 0 Å². The van der Waals surface area contributed by atoms with Crippen LogP contribution in [0.3, 0.4) is 0 Å². The number of amides is 2. The molecule has 27 heavy (non-hydrogen) atoms. The Kier molecular flexibility index (Phi) is 7.08. The third kappa shape index (κ3) is 5.40. The van der Waals surface area contributed by atoms with Crippen LogP contribution in [0.2, 0.25) is 0 Å². The highest BCUT2D eigenvalue weighted by Crippen LogP contribution is 2.15. The molecule has 0 N–H and O–H groups in total. The number of hydrogen-bond acceptors (Lipinski definition) is 6. The minimum Gasteiger partial charge on any atom is -0.378 e. The van der Waals surface area contributed by atoms with Gasteiger partial charge in [0.15, 0.2) is 0 Å². The van der Waals surface area contributed by atoms with Gasteiger partial charge in [-0.3, -0.25) is 19.4 Å². The van der Waals surface area contributed by atoms with Crippen molar-refractivity contribution >= 4 is 11.8 Å². The number of nitrogens with zero attached hydrogens (tertiary/aromatic N) is 4. The molecule has 8 nitrogen and oxygen atoms in total. The van der Waals surface area contributed by atoms with E-state index in [4.69, 9.17) is 9.47 Å². The number of morpholine rings is 2. The quantitative estimate of drug-likeness (QED) is 0.652. The third-order valence-corrected chi connectivity index (χ3v) is 5.77. The van der Waals surface area contributed by atoms with Crippen molar-refractivity contribution in [3.05, 3.63) is 0 Å². The maximum atomic E-state index is 12.9. The molecule has 3 aliphatic heterocycles. The Labute approximate surface area is 162 Å². The Hall–Kier alpha value is -1.22. The zero-order valence-electron chi connectivity index (χ0n) is 16.9. The van der Waals surface area contributed by atoms with Crippen LogP contribution in [0.25, 0.3) is 0 Å². The fraction of sp³-hybridized carbons (Fsp3) is 0.895. The van der Waals surface area contributed by atoms with Gasteiger partial charge in [0.25, 0.3) is 0 Å². The number of carbonyl (C=O) groups is 2. The summed E-state index contributed by atoms with van der Waals surface area (Å²) in [7, 11) is 0. The Balaban J connectivity index is 1.44. The van der Waals surface area contributed by atoms with Crippen LogP contribution in [0.5, 0.6) is 0 Å². The van der Waals surface area contributed by atoms with Crippen LogP contribution in [0, 0.1) is 0 Å². The van der Waals surface area contributed by atoms with Gasteiger partial charge in [-0.1, -0.05) is 0 Å². The van der Waals surface area contributed by atoms with Crippen LogP contribution in [-0.4, -0.2) is 122 Å². The van der Waals surface area contributed by atoms with E-state index < -0.39 is 0 Å². The number of piperazine rings is 1. The molecule has 3 saturated heterocycles. The molecule has 0 aliphatic carbocycles. The molecule has 0 bridgehead atoms. The minimum atomic E-state index is -0.125. The summed E-state index contributed by atoms with van der Waals surface area (Å²) >= 11 is 0. The maximum Gasteiger partial charge on any atom is 0.239 e. The van der Waals surface area contributed by atoms with Crippen molar-refractivity contribution in [2.75, 3.05) is 72.1 Å². The first-order chi connectivity index (χ1) is 12.9. The Morgan fingerprint density at radius 2 is 1.52 bits per heavy atom. The van der Waals surface area contributed by atoms with E-state index in [1.807, 2.05) is 30.6 Å². The minimum absolute atomic E-state index is 0.0907. The van der Waals surface area contributed by atoms with Crippen LogP contribution >= 0.6 is 0 Å². The molecular formula is C19H34N4O4. The molecule has 2 amide bonds. The van der Waals surface area contributed by atoms with Gasteiger partial charge in [0.1, 0.15) is 0 Å². The van der Waals surface area contributed by atoms with Crippen molar-refractivity contribution < 1.29 is 19.1 Å². The highest BCUT2D eigenvalue weighted by atomic mass is 16.5. The van der Waals surface area contributed by atoms with E-state index in [1.54, 1.807) is 0 Å². The van der Waals surface area contributed by atoms with Crippen molar-refractivity contribution in [2.24, 2.45) is 0 Å². The fourth-order valence-corrected chi connectivity index (χ4v) is 4.19. The average molecular weight is 383 g/mol. The molecule has 0 aromatic rings. The van der Waals surface area contributed by atoms with Crippen LogP contribution in [0.15, 0.2) is 0 Å². The number of carbonyl (C=O) groups excluding carboxylic acids is 2. The van der Waals surface area contributed by atoms with E-state index >= 15 is 0 Å². The van der Waals surface area contributed by atoms with E-state index in [0.717, 1.165) is 26.2 Å². The molecule has 0 aromatic heterocycles. The highest BCUT2D eigenvalue weighted by molar-refractivity contribution is 5.81. The van der Waals surface area contributed by atoms with Crippen LogP contribution in [0.4, 0.5) is 0 Å². The molecule has 3 rings (SSSR count). The lowest BCUT2D eigenvalue weighted by Gasteiger charge is -2.41. The molecule has 0 radical (unpaired) electrons. The average Bonchev–Trinajstić information content (AvgIpc) is 2.67. The Morgan fingerprint density at radius 3 is 2.11 bits per heavy atom. The smallest absolute Gasteiger partial charge is 0.239 e. The van der Waals surface area contributed by atoms with Gasteiger partial charge < -0.3 is 19.3 Å². The normalized spacial score (nSPS) is 29.6. The molecule has 3 fully saturated rings. The van der Waals surface area contributed by atoms with Crippen LogP contribution in [-0.2, 0) is 19.1 Å². The van der Waals surface area contributed by atoms with E-state index in [9.17, 15) is 9.59 Å². The summed E-state index contributed by atoms with van der Waals surface area (Å²) in [4.78, 5) is 33.6. The summed E-state index contributed by atoms with van der Waals surface area (Å²) in [5.41, 5.74) is 0. The number of rotatable bonds is 4. The standard InChI is InChI=1S/C19H34N4O4/c1-15-12-23(13-16(2)27-15)19(25)17(3)21-6-4-20(5-7-21)14-18(24)22-8-10-26-11-9-22/h15-17H,4-14H2,1-3H3. The lowest BCUT2D eigenvalue weighted by molar-refractivity contribution is -0.149. The van der Waals surface area contributed by atoms with Crippen molar-refractivity contribution in [3.63, 3.8) is 0 Å². The molecular weight excluding hydrogens is 348 g/mol. The first kappa shape index (κ1) is 20.5. The van der Waals surface area contributed by atoms with Crippen molar-refractivity contribution in [2.45, 2.75) is 39.0 Å². The van der Waals surface area contributed by atoms with E-state index in [1.165, 1.54) is 0 Å². The SMILES string of the molecule is CC1CN(C(=O)C(C)N2CCN(CC(=O)N3CCOCC3)CC2)CC(C)O1. The zero-order valence-corrected chi connectivity index (χ0v) is 16.9. The summed E-state index contributed by atoms with van der Waals surface area (Å²) in [6.45, 7) is 13.8. The van der Waals surface area contributed by atoms with Gasteiger partial charge in [-0.25, -0.2) is 0 Å². The molecule has 3 aliphatic rings. The van der Waals surface area contributed by atoms with Crippen LogP contribution < -0.4 is 0 Å². The summed E-state index contributed by atoms with van der Waals surface area (Å²) in [6.07, 6.45) is 0.181. The molecule has 154 valence electrons. The molecule has 0 saturated carbocycles. The van der Waals surface area contributed by atoms with Crippen molar-refractivity contribution in [3.8, 4) is 0 Å². The van der Waals surface area contributed by atoms with Crippen LogP contribution in [0.1, 0.15) is 20.8 Å². The van der Waals surface area contributed by atoms with Gasteiger partial charge in [-0.2, -0.15) is 0 Å². The van der Waals surface area contributed by atoms with Gasteiger partial charge in [0.05, 0.1) is 38.0 Å². The monoisotopic (exact) mass is 382 g/mol. The molecule has 3 atom stereocenters. The highest BCUT2D eigenvalue weighted by Gasteiger charge is 2.33. The van der Waals surface area contributed by atoms with E-state index in [-0.39, 0.29) is 30.1 Å². The van der Waals surface area contributed by atoms with Gasteiger partial charge in [0.2, 0.25) is 11.8 Å². The maximum absolute atomic E-state index is 12.9. The lowest BCUT2D eigenvalue weighted by Crippen LogP contribution is -2.58. The Bertz CT molecular complexity index is 508. The molecule has 3 heterocycles. The summed E-state index contributed by atoms with van der Waals surface area (Å²) in [6, 6.07) is -0.125. The topological polar surface area (TPSA) is 65.6 Å². The lowest BCUT2D eigenvalue weighted by atomic mass is 10.1. The summed E-state index contributed by atoms with van der Waals surface area (Å²) in [5.74, 6) is 0.377. The molecule has 0 spiro atoms. The van der Waals surface area contributed by atoms with Gasteiger partial charge in [0, 0.05) is 52.4 Å². The van der Waals surface area contributed by atoms with Crippen molar-refractivity contribution in [1.29, 1.82) is 0 Å². The Morgan fingerprint density at radius 1 is 0.926 bits per heavy atom.